The summed E-state index contributed by atoms with van der Waals surface area (Å²) in [5, 5.41) is 20.5. The zero-order valence-corrected chi connectivity index (χ0v) is 33.5. The molecule has 11 heteroatoms. The molecule has 10 nitrogen and oxygen atoms in total. The largest absolute Gasteiger partial charge is 0.469 e. The number of phosphoric ester groups is 1. The first-order chi connectivity index (χ1) is 24.9. The second-order valence-electron chi connectivity index (χ2n) is 14.0. The van der Waals surface area contributed by atoms with Crippen molar-refractivity contribution >= 4 is 19.8 Å². The number of unbranched alkanes of at least 4 members (excludes halogenated alkanes) is 11. The number of allylic oxidation sites excluding steroid dienone is 7. The minimum Gasteiger partial charge on any atom is -0.462 e. The van der Waals surface area contributed by atoms with E-state index >= 15 is 0 Å². The molecule has 0 spiro atoms. The summed E-state index contributed by atoms with van der Waals surface area (Å²) in [6, 6.07) is 0. The lowest BCUT2D eigenvalue weighted by molar-refractivity contribution is -0.161. The lowest BCUT2D eigenvalue weighted by Crippen LogP contribution is -2.30. The van der Waals surface area contributed by atoms with E-state index in [-0.39, 0.29) is 32.1 Å². The Hall–Kier alpha value is -2.07. The summed E-state index contributed by atoms with van der Waals surface area (Å²) < 4.78 is 26.2. The highest BCUT2D eigenvalue weighted by Crippen LogP contribution is 2.36. The van der Waals surface area contributed by atoms with Gasteiger partial charge in [-0.3, -0.25) is 14.1 Å². The molecule has 52 heavy (non-hydrogen) atoms. The van der Waals surface area contributed by atoms with Gasteiger partial charge in [-0.25, -0.2) is 4.57 Å². The van der Waals surface area contributed by atoms with Crippen molar-refractivity contribution in [3.8, 4) is 0 Å². The number of hydrogen-bond donors (Lipinski definition) is 4. The molecule has 0 saturated heterocycles. The number of carbonyl (C=O) groups excluding carboxylic acids is 2. The highest BCUT2D eigenvalue weighted by molar-refractivity contribution is 7.46. The van der Waals surface area contributed by atoms with Gasteiger partial charge in [0, 0.05) is 12.8 Å². The van der Waals surface area contributed by atoms with E-state index in [9.17, 15) is 24.4 Å². The van der Waals surface area contributed by atoms with Gasteiger partial charge in [-0.15, -0.1) is 0 Å². The van der Waals surface area contributed by atoms with Crippen molar-refractivity contribution in [1.29, 1.82) is 0 Å². The van der Waals surface area contributed by atoms with E-state index in [1.807, 2.05) is 18.2 Å². The zero-order chi connectivity index (χ0) is 38.7. The number of aliphatic hydroxyl groups is 2. The van der Waals surface area contributed by atoms with Crippen LogP contribution in [0.3, 0.4) is 0 Å². The Kier molecular flexibility index (Phi) is 33.3. The monoisotopic (exact) mass is 756 g/mol. The Balaban J connectivity index is 4.20. The molecule has 0 rings (SSSR count). The second kappa shape index (κ2) is 34.7. The Bertz CT molecular complexity index is 1030. The predicted octanol–water partition coefficient (Wildman–Crippen LogP) is 9.76. The number of esters is 2. The third-order valence-corrected chi connectivity index (χ3v) is 8.98. The summed E-state index contributed by atoms with van der Waals surface area (Å²) in [7, 11) is -4.83. The molecule has 0 aromatic carbocycles. The molecular weight excluding hydrogens is 683 g/mol. The normalized spacial score (nSPS) is 14.3. The minimum atomic E-state index is -4.83. The number of hydrogen-bond acceptors (Lipinski definition) is 8. The van der Waals surface area contributed by atoms with E-state index in [1.54, 1.807) is 0 Å². The molecule has 3 atom stereocenters. The fourth-order valence-corrected chi connectivity index (χ4v) is 5.77. The standard InChI is InChI=1S/C41H73O10P/c1-4-5-6-7-8-9-10-14-17-20-23-26-30-38(42)39(43)31-28-33-41(45)51-37(35-50-52(46,47)48)34-49-40(44)32-27-24-21-18-15-12-11-13-16-19-22-25-29-36(2)3/h5-6,8-9,14,17,23,26,36-39,42-43H,4,7,10-13,15-16,18-22,24-25,27-35H2,1-3H3,(H2,46,47,48)/b6-5-,9-8-,17-14-,26-23-/t37-,38-,39-/m1/s1. The molecule has 0 aromatic rings. The third kappa shape index (κ3) is 36.3. The first kappa shape index (κ1) is 49.9. The summed E-state index contributed by atoms with van der Waals surface area (Å²) in [6.07, 6.45) is 33.0. The lowest BCUT2D eigenvalue weighted by atomic mass is 10.0. The molecule has 0 aliphatic carbocycles. The quantitative estimate of drug-likeness (QED) is 0.0212. The topological polar surface area (TPSA) is 160 Å². The summed E-state index contributed by atoms with van der Waals surface area (Å²) in [6.45, 7) is 5.64. The Morgan fingerprint density at radius 1 is 0.596 bits per heavy atom. The van der Waals surface area contributed by atoms with E-state index in [4.69, 9.17) is 19.3 Å². The van der Waals surface area contributed by atoms with Crippen LogP contribution in [0.25, 0.3) is 0 Å². The summed E-state index contributed by atoms with van der Waals surface area (Å²) in [5.74, 6) is -0.369. The second-order valence-corrected chi connectivity index (χ2v) is 15.3. The predicted molar refractivity (Wildman–Crippen MR) is 209 cm³/mol. The van der Waals surface area contributed by atoms with Crippen molar-refractivity contribution in [2.24, 2.45) is 5.92 Å². The van der Waals surface area contributed by atoms with Crippen molar-refractivity contribution in [2.75, 3.05) is 13.2 Å². The van der Waals surface area contributed by atoms with E-state index in [0.717, 1.165) is 50.9 Å². The Morgan fingerprint density at radius 3 is 1.60 bits per heavy atom. The highest BCUT2D eigenvalue weighted by Gasteiger charge is 2.23. The molecule has 0 unspecified atom stereocenters. The number of phosphoric acid groups is 1. The van der Waals surface area contributed by atoms with E-state index in [0.29, 0.717) is 6.42 Å². The molecule has 0 bridgehead atoms. The van der Waals surface area contributed by atoms with Gasteiger partial charge in [0.1, 0.15) is 6.61 Å². The van der Waals surface area contributed by atoms with Crippen LogP contribution >= 0.6 is 7.82 Å². The van der Waals surface area contributed by atoms with Crippen LogP contribution in [0.5, 0.6) is 0 Å². The minimum absolute atomic E-state index is 0.105. The number of ether oxygens (including phenoxy) is 2. The van der Waals surface area contributed by atoms with Crippen LogP contribution in [0.4, 0.5) is 0 Å². The molecule has 0 heterocycles. The van der Waals surface area contributed by atoms with Crippen LogP contribution < -0.4 is 0 Å². The maximum atomic E-state index is 12.4. The zero-order valence-electron chi connectivity index (χ0n) is 32.6. The van der Waals surface area contributed by atoms with Crippen molar-refractivity contribution < 1.29 is 48.2 Å². The van der Waals surface area contributed by atoms with Crippen molar-refractivity contribution in [3.63, 3.8) is 0 Å². The number of carbonyl (C=O) groups is 2. The molecule has 0 aromatic heterocycles. The van der Waals surface area contributed by atoms with Crippen LogP contribution in [0, 0.1) is 5.92 Å². The van der Waals surface area contributed by atoms with Gasteiger partial charge in [-0.2, -0.15) is 0 Å². The van der Waals surface area contributed by atoms with Gasteiger partial charge in [0.25, 0.3) is 0 Å². The molecular formula is C41H73O10P. The number of rotatable bonds is 35. The molecule has 0 radical (unpaired) electrons. The molecule has 4 N–H and O–H groups in total. The SMILES string of the molecule is CC/C=C\C/C=C\C/C=C\C/C=C\C[C@@H](O)[C@H](O)CCCC(=O)O[C@H](COC(=O)CCCCCCCCCCCCCCC(C)C)COP(=O)(O)O. The van der Waals surface area contributed by atoms with Crippen LogP contribution in [-0.4, -0.2) is 63.5 Å². The molecule has 0 aliphatic rings. The molecule has 0 aliphatic heterocycles. The van der Waals surface area contributed by atoms with Gasteiger partial charge in [-0.05, 0) is 57.3 Å². The van der Waals surface area contributed by atoms with Crippen molar-refractivity contribution in [2.45, 2.75) is 180 Å². The van der Waals surface area contributed by atoms with Gasteiger partial charge >= 0.3 is 19.8 Å². The van der Waals surface area contributed by atoms with Gasteiger partial charge in [-0.1, -0.05) is 146 Å². The van der Waals surface area contributed by atoms with Crippen LogP contribution in [0.1, 0.15) is 162 Å². The smallest absolute Gasteiger partial charge is 0.462 e. The van der Waals surface area contributed by atoms with Crippen LogP contribution in [0.2, 0.25) is 0 Å². The van der Waals surface area contributed by atoms with Gasteiger partial charge < -0.3 is 29.5 Å². The number of aliphatic hydroxyl groups excluding tert-OH is 2. The summed E-state index contributed by atoms with van der Waals surface area (Å²) >= 11 is 0. The highest BCUT2D eigenvalue weighted by atomic mass is 31.2. The van der Waals surface area contributed by atoms with Gasteiger partial charge in [0.2, 0.25) is 0 Å². The molecule has 0 amide bonds. The van der Waals surface area contributed by atoms with Crippen molar-refractivity contribution in [1.82, 2.24) is 0 Å². The maximum Gasteiger partial charge on any atom is 0.469 e. The van der Waals surface area contributed by atoms with E-state index in [2.05, 4.69) is 55.7 Å². The molecule has 0 fully saturated rings. The molecule has 0 saturated carbocycles. The first-order valence-corrected chi connectivity index (χ1v) is 21.5. The Labute approximate surface area is 315 Å². The van der Waals surface area contributed by atoms with E-state index < -0.39 is 51.3 Å². The lowest BCUT2D eigenvalue weighted by Gasteiger charge is -2.19. The first-order valence-electron chi connectivity index (χ1n) is 20.0. The molecule has 302 valence electrons. The van der Waals surface area contributed by atoms with Crippen molar-refractivity contribution in [3.05, 3.63) is 48.6 Å². The Morgan fingerprint density at radius 2 is 1.08 bits per heavy atom. The van der Waals surface area contributed by atoms with Gasteiger partial charge in [0.15, 0.2) is 6.10 Å². The average Bonchev–Trinajstić information content (AvgIpc) is 3.09. The van der Waals surface area contributed by atoms with Gasteiger partial charge in [0.05, 0.1) is 18.8 Å². The maximum absolute atomic E-state index is 12.4. The third-order valence-electron chi connectivity index (χ3n) is 8.49. The van der Waals surface area contributed by atoms with Crippen LogP contribution in [0.15, 0.2) is 48.6 Å². The van der Waals surface area contributed by atoms with Crippen LogP contribution in [-0.2, 0) is 28.2 Å². The summed E-state index contributed by atoms with van der Waals surface area (Å²) in [4.78, 5) is 42.8. The fourth-order valence-electron chi connectivity index (χ4n) is 5.41. The van der Waals surface area contributed by atoms with E-state index in [1.165, 1.54) is 57.8 Å². The average molecular weight is 757 g/mol. The fraction of sp³-hybridized carbons (Fsp3) is 0.756. The summed E-state index contributed by atoms with van der Waals surface area (Å²) in [5.41, 5.74) is 0.